The summed E-state index contributed by atoms with van der Waals surface area (Å²) in [4.78, 5) is 5.14. The molecule has 3 rings (SSSR count). The minimum absolute atomic E-state index is 0.272. The predicted octanol–water partition coefficient (Wildman–Crippen LogP) is 2.19. The topological polar surface area (TPSA) is 44.5 Å². The Morgan fingerprint density at radius 3 is 2.61 bits per heavy atom. The van der Waals surface area contributed by atoms with Crippen LogP contribution in [0.2, 0.25) is 5.15 Å². The molecule has 2 heterocycles. The van der Waals surface area contributed by atoms with Gasteiger partial charge >= 0.3 is 0 Å². The second-order valence-corrected chi connectivity index (χ2v) is 7.41. The van der Waals surface area contributed by atoms with Crippen LogP contribution in [0, 0.1) is 6.92 Å². The van der Waals surface area contributed by atoms with E-state index in [2.05, 4.69) is 14.9 Å². The average Bonchev–Trinajstić information content (AvgIpc) is 3.13. The molecule has 2 fully saturated rings. The molecule has 6 heteroatoms. The van der Waals surface area contributed by atoms with Crippen LogP contribution in [-0.2, 0) is 13.6 Å². The van der Waals surface area contributed by atoms with Gasteiger partial charge in [0.2, 0.25) is 0 Å². The molecule has 0 spiro atoms. The second-order valence-electron chi connectivity index (χ2n) is 7.06. The number of piperazine rings is 1. The van der Waals surface area contributed by atoms with Crippen molar-refractivity contribution in [1.82, 2.24) is 19.6 Å². The van der Waals surface area contributed by atoms with E-state index in [9.17, 15) is 5.11 Å². The molecule has 1 aliphatic carbocycles. The number of hydrogen-bond acceptors (Lipinski definition) is 4. The molecule has 1 aliphatic heterocycles. The Morgan fingerprint density at radius 2 is 2.00 bits per heavy atom. The van der Waals surface area contributed by atoms with E-state index in [4.69, 9.17) is 11.6 Å². The summed E-state index contributed by atoms with van der Waals surface area (Å²) in [5.74, 6) is 0. The summed E-state index contributed by atoms with van der Waals surface area (Å²) >= 11 is 6.39. The minimum atomic E-state index is 0.272. The maximum atomic E-state index is 9.47. The normalized spacial score (nSPS) is 24.6. The van der Waals surface area contributed by atoms with E-state index in [0.29, 0.717) is 6.04 Å². The summed E-state index contributed by atoms with van der Waals surface area (Å²) < 4.78 is 1.76. The minimum Gasteiger partial charge on any atom is -0.396 e. The van der Waals surface area contributed by atoms with Gasteiger partial charge < -0.3 is 5.11 Å². The highest BCUT2D eigenvalue weighted by Crippen LogP contribution is 2.29. The molecule has 130 valence electrons. The van der Waals surface area contributed by atoms with Crippen LogP contribution < -0.4 is 0 Å². The molecule has 23 heavy (non-hydrogen) atoms. The molecule has 1 atom stereocenters. The summed E-state index contributed by atoms with van der Waals surface area (Å²) in [7, 11) is 1.89. The first-order chi connectivity index (χ1) is 11.1. The number of aliphatic hydroxyl groups is 1. The molecule has 0 bridgehead atoms. The van der Waals surface area contributed by atoms with Crippen molar-refractivity contribution in [3.8, 4) is 0 Å². The number of halogens is 1. The van der Waals surface area contributed by atoms with Gasteiger partial charge in [0.15, 0.2) is 0 Å². The first kappa shape index (κ1) is 17.2. The number of aryl methyl sites for hydroxylation is 2. The smallest absolute Gasteiger partial charge is 0.131 e. The molecule has 0 amide bonds. The third-order valence-electron chi connectivity index (χ3n) is 5.52. The van der Waals surface area contributed by atoms with Crippen LogP contribution in [0.1, 0.15) is 43.4 Å². The number of rotatable bonds is 5. The molecule has 1 aromatic rings. The Labute approximate surface area is 144 Å². The summed E-state index contributed by atoms with van der Waals surface area (Å²) in [6, 6.07) is 1.20. The molecule has 0 aromatic carbocycles. The van der Waals surface area contributed by atoms with Gasteiger partial charge in [0, 0.05) is 57.5 Å². The van der Waals surface area contributed by atoms with E-state index >= 15 is 0 Å². The summed E-state index contributed by atoms with van der Waals surface area (Å²) in [6.07, 6.45) is 6.25. The standard InChI is InChI=1S/C17H29ClN4O/c1-13-16(17(18)20(2)19-13)12-21-8-9-22(14-5-3-4-6-14)15(11-21)7-10-23/h14-15,23H,3-12H2,1-2H3/t15-/m1/s1. The van der Waals surface area contributed by atoms with Gasteiger partial charge in [-0.1, -0.05) is 24.4 Å². The highest BCUT2D eigenvalue weighted by atomic mass is 35.5. The van der Waals surface area contributed by atoms with Crippen LogP contribution in [0.5, 0.6) is 0 Å². The number of nitrogens with zero attached hydrogens (tertiary/aromatic N) is 4. The van der Waals surface area contributed by atoms with Crippen molar-refractivity contribution in [3.05, 3.63) is 16.4 Å². The largest absolute Gasteiger partial charge is 0.396 e. The lowest BCUT2D eigenvalue weighted by atomic mass is 10.0. The lowest BCUT2D eigenvalue weighted by Crippen LogP contribution is -2.56. The van der Waals surface area contributed by atoms with Gasteiger partial charge in [0.25, 0.3) is 0 Å². The third-order valence-corrected chi connectivity index (χ3v) is 5.99. The number of aromatic nitrogens is 2. The fourth-order valence-corrected chi connectivity index (χ4v) is 4.51. The summed E-state index contributed by atoms with van der Waals surface area (Å²) in [6.45, 7) is 6.35. The number of aliphatic hydroxyl groups excluding tert-OH is 1. The zero-order valence-electron chi connectivity index (χ0n) is 14.3. The highest BCUT2D eigenvalue weighted by Gasteiger charge is 2.33. The van der Waals surface area contributed by atoms with Gasteiger partial charge in [-0.05, 0) is 26.2 Å². The maximum absolute atomic E-state index is 9.47. The number of hydrogen-bond donors (Lipinski definition) is 1. The van der Waals surface area contributed by atoms with E-state index < -0.39 is 0 Å². The van der Waals surface area contributed by atoms with Crippen molar-refractivity contribution in [2.45, 2.75) is 57.7 Å². The predicted molar refractivity (Wildman–Crippen MR) is 92.7 cm³/mol. The fourth-order valence-electron chi connectivity index (χ4n) is 4.28. The van der Waals surface area contributed by atoms with Crippen LogP contribution >= 0.6 is 11.6 Å². The zero-order valence-corrected chi connectivity index (χ0v) is 15.1. The van der Waals surface area contributed by atoms with E-state index in [1.54, 1.807) is 4.68 Å². The van der Waals surface area contributed by atoms with Crippen LogP contribution in [-0.4, -0.2) is 63.0 Å². The van der Waals surface area contributed by atoms with Crippen molar-refractivity contribution in [1.29, 1.82) is 0 Å². The molecule has 1 N–H and O–H groups in total. The zero-order chi connectivity index (χ0) is 16.4. The molecule has 1 saturated carbocycles. The fraction of sp³-hybridized carbons (Fsp3) is 0.824. The van der Waals surface area contributed by atoms with Crippen LogP contribution in [0.3, 0.4) is 0 Å². The maximum Gasteiger partial charge on any atom is 0.131 e. The Hall–Kier alpha value is -0.620. The molecule has 2 aliphatic rings. The molecule has 0 unspecified atom stereocenters. The molecular weight excluding hydrogens is 312 g/mol. The van der Waals surface area contributed by atoms with Crippen molar-refractivity contribution < 1.29 is 5.11 Å². The quantitative estimate of drug-likeness (QED) is 0.892. The van der Waals surface area contributed by atoms with Gasteiger partial charge in [-0.15, -0.1) is 0 Å². The molecule has 5 nitrogen and oxygen atoms in total. The van der Waals surface area contributed by atoms with E-state index in [-0.39, 0.29) is 6.61 Å². The van der Waals surface area contributed by atoms with Gasteiger partial charge in [0.05, 0.1) is 5.69 Å². The van der Waals surface area contributed by atoms with Crippen molar-refractivity contribution >= 4 is 11.6 Å². The second kappa shape index (κ2) is 7.51. The first-order valence-electron chi connectivity index (χ1n) is 8.87. The SMILES string of the molecule is Cc1nn(C)c(Cl)c1CN1CCN(C2CCCC2)[C@H](CCO)C1. The van der Waals surface area contributed by atoms with Crippen molar-refractivity contribution in [2.75, 3.05) is 26.2 Å². The van der Waals surface area contributed by atoms with Crippen LogP contribution in [0.4, 0.5) is 0 Å². The summed E-state index contributed by atoms with van der Waals surface area (Å²) in [5.41, 5.74) is 2.17. The Balaban J connectivity index is 1.66. The van der Waals surface area contributed by atoms with Gasteiger partial charge in [-0.25, -0.2) is 0 Å². The van der Waals surface area contributed by atoms with Gasteiger partial charge in [0.1, 0.15) is 5.15 Å². The van der Waals surface area contributed by atoms with Crippen LogP contribution in [0.25, 0.3) is 0 Å². The molecule has 0 radical (unpaired) electrons. The average molecular weight is 341 g/mol. The van der Waals surface area contributed by atoms with Gasteiger partial charge in [-0.3, -0.25) is 14.5 Å². The lowest BCUT2D eigenvalue weighted by Gasteiger charge is -2.44. The van der Waals surface area contributed by atoms with E-state index in [0.717, 1.165) is 55.1 Å². The van der Waals surface area contributed by atoms with Crippen LogP contribution in [0.15, 0.2) is 0 Å². The summed E-state index contributed by atoms with van der Waals surface area (Å²) in [5, 5.41) is 14.6. The van der Waals surface area contributed by atoms with Gasteiger partial charge in [-0.2, -0.15) is 5.10 Å². The Kier molecular flexibility index (Phi) is 5.62. The monoisotopic (exact) mass is 340 g/mol. The Bertz CT molecular complexity index is 527. The molecule has 1 aromatic heterocycles. The Morgan fingerprint density at radius 1 is 1.26 bits per heavy atom. The lowest BCUT2D eigenvalue weighted by molar-refractivity contribution is 0.0267. The third kappa shape index (κ3) is 3.73. The molecule has 1 saturated heterocycles. The van der Waals surface area contributed by atoms with E-state index in [1.807, 2.05) is 14.0 Å². The van der Waals surface area contributed by atoms with Crippen molar-refractivity contribution in [3.63, 3.8) is 0 Å². The van der Waals surface area contributed by atoms with E-state index in [1.165, 1.54) is 25.7 Å². The van der Waals surface area contributed by atoms with Crippen molar-refractivity contribution in [2.24, 2.45) is 7.05 Å². The molecular formula is C17H29ClN4O. The first-order valence-corrected chi connectivity index (χ1v) is 9.25. The highest BCUT2D eigenvalue weighted by molar-refractivity contribution is 6.30.